The molecule has 0 aliphatic rings. The molecule has 1 rings (SSSR count). The van der Waals surface area contributed by atoms with Crippen LogP contribution in [0.15, 0.2) is 24.3 Å². The van der Waals surface area contributed by atoms with Crippen LogP contribution >= 0.6 is 12.4 Å². The Hall–Kier alpha value is -1.31. The molecule has 6 nitrogen and oxygen atoms in total. The molecule has 1 amide bonds. The van der Waals surface area contributed by atoms with Gasteiger partial charge < -0.3 is 11.1 Å². The first kappa shape index (κ1) is 21.7. The van der Waals surface area contributed by atoms with Gasteiger partial charge in [0, 0.05) is 17.4 Å². The minimum Gasteiger partial charge on any atom is -0.327 e. The number of carbonyl (C=O) groups excluding carboxylic acids is 1. The van der Waals surface area contributed by atoms with Gasteiger partial charge >= 0.3 is 0 Å². The maximum absolute atomic E-state index is 11.9. The van der Waals surface area contributed by atoms with E-state index >= 15 is 0 Å². The summed E-state index contributed by atoms with van der Waals surface area (Å²) in [5, 5.41) is 2.75. The van der Waals surface area contributed by atoms with E-state index in [1.54, 1.807) is 38.1 Å². The van der Waals surface area contributed by atoms with Gasteiger partial charge in [0.05, 0.1) is 11.7 Å². The minimum atomic E-state index is -3.31. The highest BCUT2D eigenvalue weighted by molar-refractivity contribution is 7.92. The van der Waals surface area contributed by atoms with Gasteiger partial charge in [-0.1, -0.05) is 20.3 Å². The van der Waals surface area contributed by atoms with E-state index in [1.807, 2.05) is 6.92 Å². The van der Waals surface area contributed by atoms with Crippen molar-refractivity contribution >= 4 is 39.7 Å². The molecule has 1 aromatic carbocycles. The zero-order valence-electron chi connectivity index (χ0n) is 13.7. The van der Waals surface area contributed by atoms with Crippen LogP contribution in [0.1, 0.15) is 33.6 Å². The van der Waals surface area contributed by atoms with E-state index in [1.165, 1.54) is 0 Å². The monoisotopic (exact) mass is 363 g/mol. The number of amides is 1. The lowest BCUT2D eigenvalue weighted by molar-refractivity contribution is -0.119. The van der Waals surface area contributed by atoms with E-state index in [-0.39, 0.29) is 36.0 Å². The van der Waals surface area contributed by atoms with E-state index in [2.05, 4.69) is 10.0 Å². The topological polar surface area (TPSA) is 101 Å². The largest absolute Gasteiger partial charge is 0.327 e. The Morgan fingerprint density at radius 1 is 1.17 bits per heavy atom. The normalized spacial score (nSPS) is 13.6. The van der Waals surface area contributed by atoms with Gasteiger partial charge in [0.1, 0.15) is 0 Å². The Kier molecular flexibility index (Phi) is 9.19. The van der Waals surface area contributed by atoms with E-state index in [4.69, 9.17) is 5.73 Å². The fourth-order valence-corrected chi connectivity index (χ4v) is 2.95. The van der Waals surface area contributed by atoms with Crippen LogP contribution in [-0.2, 0) is 14.8 Å². The molecule has 0 saturated carbocycles. The molecule has 1 aromatic rings. The van der Waals surface area contributed by atoms with Gasteiger partial charge in [-0.25, -0.2) is 8.42 Å². The van der Waals surface area contributed by atoms with Crippen LogP contribution in [-0.4, -0.2) is 26.1 Å². The second kappa shape index (κ2) is 9.75. The van der Waals surface area contributed by atoms with Gasteiger partial charge in [-0.3, -0.25) is 9.52 Å². The number of anilines is 2. The van der Waals surface area contributed by atoms with Crippen molar-refractivity contribution < 1.29 is 13.2 Å². The lowest BCUT2D eigenvalue weighted by Gasteiger charge is -2.15. The Labute approximate surface area is 144 Å². The predicted molar refractivity (Wildman–Crippen MR) is 97.5 cm³/mol. The number of halogens is 1. The fourth-order valence-electron chi connectivity index (χ4n) is 1.68. The van der Waals surface area contributed by atoms with E-state index in [0.29, 0.717) is 17.8 Å². The molecule has 0 aromatic heterocycles. The first-order valence-corrected chi connectivity index (χ1v) is 9.07. The van der Waals surface area contributed by atoms with Gasteiger partial charge in [0.25, 0.3) is 0 Å². The number of unbranched alkanes of at least 4 members (excludes halogenated alkanes) is 1. The Bertz CT molecular complexity index is 588. The van der Waals surface area contributed by atoms with Crippen molar-refractivity contribution in [1.82, 2.24) is 0 Å². The zero-order chi connectivity index (χ0) is 16.8. The van der Waals surface area contributed by atoms with Crippen molar-refractivity contribution in [2.75, 3.05) is 15.8 Å². The highest BCUT2D eigenvalue weighted by atomic mass is 35.5. The highest BCUT2D eigenvalue weighted by Crippen LogP contribution is 2.16. The number of carbonyl (C=O) groups is 1. The standard InChI is InChI=1S/C15H25N3O3S.ClH/c1-4-5-10-22(20,21)18-14-8-6-13(7-9-14)17-15(19)11(2)12(3)16;/h6-9,11-12,18H,4-5,10,16H2,1-3H3,(H,17,19);1H. The quantitative estimate of drug-likeness (QED) is 0.660. The molecule has 2 unspecified atom stereocenters. The summed E-state index contributed by atoms with van der Waals surface area (Å²) in [6.07, 6.45) is 1.45. The lowest BCUT2D eigenvalue weighted by Crippen LogP contribution is -2.34. The molecule has 0 heterocycles. The smallest absolute Gasteiger partial charge is 0.232 e. The first-order valence-electron chi connectivity index (χ1n) is 7.42. The summed E-state index contributed by atoms with van der Waals surface area (Å²) in [6.45, 7) is 5.48. The van der Waals surface area contributed by atoms with Crippen LogP contribution in [0.25, 0.3) is 0 Å². The molecule has 0 saturated heterocycles. The van der Waals surface area contributed by atoms with Crippen LogP contribution < -0.4 is 15.8 Å². The van der Waals surface area contributed by atoms with Crippen molar-refractivity contribution in [3.8, 4) is 0 Å². The summed E-state index contributed by atoms with van der Waals surface area (Å²) in [4.78, 5) is 11.9. The molecule has 0 bridgehead atoms. The fraction of sp³-hybridized carbons (Fsp3) is 0.533. The third-order valence-electron chi connectivity index (χ3n) is 3.39. The number of rotatable bonds is 8. The molecule has 8 heteroatoms. The molecule has 0 radical (unpaired) electrons. The maximum Gasteiger partial charge on any atom is 0.232 e. The first-order chi connectivity index (χ1) is 10.2. The summed E-state index contributed by atoms with van der Waals surface area (Å²) >= 11 is 0. The summed E-state index contributed by atoms with van der Waals surface area (Å²) < 4.78 is 26.1. The Morgan fingerprint density at radius 3 is 2.17 bits per heavy atom. The van der Waals surface area contributed by atoms with Crippen LogP contribution in [0, 0.1) is 5.92 Å². The Morgan fingerprint density at radius 2 is 1.70 bits per heavy atom. The van der Waals surface area contributed by atoms with Gasteiger partial charge in [0.15, 0.2) is 0 Å². The van der Waals surface area contributed by atoms with Crippen LogP contribution in [0.3, 0.4) is 0 Å². The molecular weight excluding hydrogens is 338 g/mol. The van der Waals surface area contributed by atoms with Gasteiger partial charge in [-0.05, 0) is 37.6 Å². The van der Waals surface area contributed by atoms with Crippen LogP contribution in [0.2, 0.25) is 0 Å². The number of nitrogens with two attached hydrogens (primary N) is 1. The van der Waals surface area contributed by atoms with Gasteiger partial charge in [0.2, 0.25) is 15.9 Å². The van der Waals surface area contributed by atoms with Crippen molar-refractivity contribution in [3.63, 3.8) is 0 Å². The van der Waals surface area contributed by atoms with E-state index in [9.17, 15) is 13.2 Å². The van der Waals surface area contributed by atoms with Gasteiger partial charge in [-0.15, -0.1) is 12.4 Å². The van der Waals surface area contributed by atoms with Crippen molar-refractivity contribution in [1.29, 1.82) is 0 Å². The lowest BCUT2D eigenvalue weighted by atomic mass is 10.0. The summed E-state index contributed by atoms with van der Waals surface area (Å²) in [7, 11) is -3.31. The Balaban J connectivity index is 0.00000484. The minimum absolute atomic E-state index is 0. The molecule has 4 N–H and O–H groups in total. The molecule has 23 heavy (non-hydrogen) atoms. The second-order valence-electron chi connectivity index (χ2n) is 5.49. The third-order valence-corrected chi connectivity index (χ3v) is 4.77. The van der Waals surface area contributed by atoms with Crippen LogP contribution in [0.5, 0.6) is 0 Å². The van der Waals surface area contributed by atoms with Crippen molar-refractivity contribution in [2.24, 2.45) is 11.7 Å². The molecule has 2 atom stereocenters. The van der Waals surface area contributed by atoms with Crippen molar-refractivity contribution in [2.45, 2.75) is 39.7 Å². The molecule has 0 aliphatic heterocycles. The predicted octanol–water partition coefficient (Wildman–Crippen LogP) is 2.57. The average molecular weight is 364 g/mol. The summed E-state index contributed by atoms with van der Waals surface area (Å²) in [5.74, 6) is -0.355. The zero-order valence-corrected chi connectivity index (χ0v) is 15.3. The number of nitrogens with one attached hydrogen (secondary N) is 2. The molecular formula is C15H26ClN3O3S. The van der Waals surface area contributed by atoms with Crippen molar-refractivity contribution in [3.05, 3.63) is 24.3 Å². The maximum atomic E-state index is 11.9. The summed E-state index contributed by atoms with van der Waals surface area (Å²) in [6, 6.07) is 6.32. The number of hydrogen-bond acceptors (Lipinski definition) is 4. The highest BCUT2D eigenvalue weighted by Gasteiger charge is 2.17. The number of sulfonamides is 1. The average Bonchev–Trinajstić information content (AvgIpc) is 2.46. The van der Waals surface area contributed by atoms with E-state index in [0.717, 1.165) is 6.42 Å². The second-order valence-corrected chi connectivity index (χ2v) is 7.33. The molecule has 0 aliphatic carbocycles. The molecule has 132 valence electrons. The SMILES string of the molecule is CCCCS(=O)(=O)Nc1ccc(NC(=O)C(C)C(C)N)cc1.Cl. The number of benzene rings is 1. The molecule has 0 spiro atoms. The number of hydrogen-bond donors (Lipinski definition) is 3. The molecule has 0 fully saturated rings. The van der Waals surface area contributed by atoms with Crippen LogP contribution in [0.4, 0.5) is 11.4 Å². The van der Waals surface area contributed by atoms with Gasteiger partial charge in [-0.2, -0.15) is 0 Å². The third kappa shape index (κ3) is 7.67. The van der Waals surface area contributed by atoms with E-state index < -0.39 is 10.0 Å². The summed E-state index contributed by atoms with van der Waals surface area (Å²) in [5.41, 5.74) is 6.77.